The van der Waals surface area contributed by atoms with Crippen molar-refractivity contribution in [2.45, 2.75) is 52.4 Å². The average molecular weight is 258 g/mol. The van der Waals surface area contributed by atoms with E-state index in [1.807, 2.05) is 27.7 Å². The molecule has 4 nitrogen and oxygen atoms in total. The van der Waals surface area contributed by atoms with Gasteiger partial charge in [-0.1, -0.05) is 0 Å². The Hall–Kier alpha value is -0.945. The number of aromatic nitrogens is 2. The highest BCUT2D eigenvalue weighted by Crippen LogP contribution is 2.36. The van der Waals surface area contributed by atoms with Crippen LogP contribution in [0.2, 0.25) is 0 Å². The number of nitrogens with zero attached hydrogens (tertiary/aromatic N) is 2. The lowest BCUT2D eigenvalue weighted by molar-refractivity contribution is 0.00578. The molecule has 0 radical (unpaired) electrons. The summed E-state index contributed by atoms with van der Waals surface area (Å²) in [6.45, 7) is 6.70. The van der Waals surface area contributed by atoms with Crippen LogP contribution >= 0.6 is 0 Å². The maximum Gasteiger partial charge on any atom is 0.516 e. The molecule has 0 aromatic carbocycles. The molecule has 0 unspecified atom stereocenters. The Balaban J connectivity index is 2.30. The summed E-state index contributed by atoms with van der Waals surface area (Å²) in [6.07, 6.45) is 1.30. The van der Waals surface area contributed by atoms with Gasteiger partial charge in [0.1, 0.15) is 0 Å². The molecule has 2 heterocycles. The Bertz CT molecular complexity index is 444. The Labute approximate surface area is 105 Å². The molecule has 7 heteroatoms. The van der Waals surface area contributed by atoms with Gasteiger partial charge in [-0.3, -0.25) is 0 Å². The maximum absolute atomic E-state index is 12.6. The molecule has 0 amide bonds. The fraction of sp³-hybridized carbons (Fsp3) is 0.727. The van der Waals surface area contributed by atoms with Gasteiger partial charge in [0.15, 0.2) is 0 Å². The molecule has 0 atom stereocenters. The predicted octanol–water partition coefficient (Wildman–Crippen LogP) is 1.89. The van der Waals surface area contributed by atoms with Gasteiger partial charge in [-0.15, -0.1) is 0 Å². The van der Waals surface area contributed by atoms with E-state index in [9.17, 15) is 8.78 Å². The van der Waals surface area contributed by atoms with E-state index in [0.29, 0.717) is 15.8 Å². The van der Waals surface area contributed by atoms with Gasteiger partial charge in [0.05, 0.1) is 16.8 Å². The van der Waals surface area contributed by atoms with Crippen molar-refractivity contribution in [3.63, 3.8) is 0 Å². The summed E-state index contributed by atoms with van der Waals surface area (Å²) in [6, 6.07) is 0. The highest BCUT2D eigenvalue weighted by atomic mass is 19.3. The second kappa shape index (κ2) is 4.03. The lowest BCUT2D eigenvalue weighted by Crippen LogP contribution is -2.41. The normalized spacial score (nSPS) is 21.9. The minimum Gasteiger partial charge on any atom is -0.398 e. The monoisotopic (exact) mass is 258 g/mol. The summed E-state index contributed by atoms with van der Waals surface area (Å²) in [5.74, 6) is 0. The fourth-order valence-corrected chi connectivity index (χ4v) is 1.78. The van der Waals surface area contributed by atoms with Crippen molar-refractivity contribution in [1.29, 1.82) is 0 Å². The zero-order valence-corrected chi connectivity index (χ0v) is 11.2. The fourth-order valence-electron chi connectivity index (χ4n) is 1.78. The van der Waals surface area contributed by atoms with Gasteiger partial charge in [-0.05, 0) is 40.2 Å². The van der Waals surface area contributed by atoms with Crippen LogP contribution in [0.1, 0.15) is 39.8 Å². The second-order valence-electron chi connectivity index (χ2n) is 5.54. The molecule has 0 N–H and O–H groups in total. The van der Waals surface area contributed by atoms with Crippen LogP contribution in [0.15, 0.2) is 6.20 Å². The molecule has 1 aliphatic heterocycles. The van der Waals surface area contributed by atoms with E-state index in [0.717, 1.165) is 0 Å². The van der Waals surface area contributed by atoms with Crippen LogP contribution < -0.4 is 5.59 Å². The van der Waals surface area contributed by atoms with Gasteiger partial charge in [0.2, 0.25) is 0 Å². The van der Waals surface area contributed by atoms with Gasteiger partial charge >= 0.3 is 13.7 Å². The Kier molecular flexibility index (Phi) is 3.02. The summed E-state index contributed by atoms with van der Waals surface area (Å²) in [5.41, 5.74) is 0.0417. The maximum atomic E-state index is 12.6. The van der Waals surface area contributed by atoms with Crippen LogP contribution in [-0.4, -0.2) is 28.1 Å². The topological polar surface area (TPSA) is 36.3 Å². The lowest BCUT2D eigenvalue weighted by Gasteiger charge is -2.32. The van der Waals surface area contributed by atoms with E-state index in [1.54, 1.807) is 6.92 Å². The molecule has 2 rings (SSSR count). The van der Waals surface area contributed by atoms with Crippen LogP contribution in [0.25, 0.3) is 0 Å². The summed E-state index contributed by atoms with van der Waals surface area (Å²) in [5, 5.41) is 3.84. The average Bonchev–Trinajstić information content (AvgIpc) is 2.66. The van der Waals surface area contributed by atoms with Crippen molar-refractivity contribution in [3.05, 3.63) is 11.8 Å². The third-order valence-electron chi connectivity index (χ3n) is 3.63. The molecule has 18 heavy (non-hydrogen) atoms. The Morgan fingerprint density at radius 2 is 1.72 bits per heavy atom. The van der Waals surface area contributed by atoms with E-state index < -0.39 is 24.9 Å². The number of alkyl halides is 2. The lowest BCUT2D eigenvalue weighted by atomic mass is 9.82. The Morgan fingerprint density at radius 3 is 2.11 bits per heavy atom. The molecule has 0 bridgehead atoms. The second-order valence-corrected chi connectivity index (χ2v) is 5.54. The molecule has 1 saturated heterocycles. The molecule has 0 aliphatic carbocycles. The van der Waals surface area contributed by atoms with E-state index in [-0.39, 0.29) is 0 Å². The van der Waals surface area contributed by atoms with Crippen molar-refractivity contribution in [1.82, 2.24) is 9.78 Å². The summed E-state index contributed by atoms with van der Waals surface area (Å²) >= 11 is 0. The zero-order valence-electron chi connectivity index (χ0n) is 11.2. The predicted molar refractivity (Wildman–Crippen MR) is 63.9 cm³/mol. The van der Waals surface area contributed by atoms with Crippen LogP contribution in [-0.2, 0) is 9.31 Å². The third-order valence-corrected chi connectivity index (χ3v) is 3.63. The highest BCUT2D eigenvalue weighted by molar-refractivity contribution is 6.61. The van der Waals surface area contributed by atoms with Gasteiger partial charge in [0.25, 0.3) is 0 Å². The van der Waals surface area contributed by atoms with E-state index in [2.05, 4.69) is 5.10 Å². The minimum atomic E-state index is -2.65. The molecule has 1 fully saturated rings. The third kappa shape index (κ3) is 2.05. The molecular weight excluding hydrogens is 241 g/mol. The first-order valence-electron chi connectivity index (χ1n) is 5.83. The molecule has 100 valence electrons. The van der Waals surface area contributed by atoms with Crippen LogP contribution in [0.3, 0.4) is 0 Å². The number of rotatable bonds is 2. The molecule has 0 spiro atoms. The first kappa shape index (κ1) is 13.5. The number of hydrogen-bond acceptors (Lipinski definition) is 3. The first-order chi connectivity index (χ1) is 8.14. The van der Waals surface area contributed by atoms with Gasteiger partial charge in [-0.25, -0.2) is 4.68 Å². The first-order valence-corrected chi connectivity index (χ1v) is 5.83. The van der Waals surface area contributed by atoms with E-state index in [4.69, 9.17) is 9.31 Å². The smallest absolute Gasteiger partial charge is 0.398 e. The van der Waals surface area contributed by atoms with Crippen LogP contribution in [0.4, 0.5) is 8.78 Å². The van der Waals surface area contributed by atoms with Crippen LogP contribution in [0, 0.1) is 6.92 Å². The van der Waals surface area contributed by atoms with Crippen molar-refractivity contribution in [2.75, 3.05) is 0 Å². The van der Waals surface area contributed by atoms with E-state index in [1.165, 1.54) is 6.20 Å². The summed E-state index contributed by atoms with van der Waals surface area (Å²) in [7, 11) is -0.699. The van der Waals surface area contributed by atoms with Gasteiger partial charge in [0, 0.05) is 6.20 Å². The largest absolute Gasteiger partial charge is 0.516 e. The van der Waals surface area contributed by atoms with Crippen molar-refractivity contribution < 1.29 is 18.1 Å². The van der Waals surface area contributed by atoms with E-state index >= 15 is 0 Å². The number of hydrogen-bond donors (Lipinski definition) is 0. The van der Waals surface area contributed by atoms with Crippen LogP contribution in [0.5, 0.6) is 0 Å². The van der Waals surface area contributed by atoms with Gasteiger partial charge < -0.3 is 9.31 Å². The number of halogens is 2. The SMILES string of the molecule is Cc1cn(C(F)F)nc1B1OC(C)(C)C(C)(C)O1. The minimum absolute atomic E-state index is 0.411. The van der Waals surface area contributed by atoms with Gasteiger partial charge in [-0.2, -0.15) is 13.9 Å². The molecule has 1 aromatic rings. The van der Waals surface area contributed by atoms with Crippen molar-refractivity contribution in [2.24, 2.45) is 0 Å². The summed E-state index contributed by atoms with van der Waals surface area (Å²) < 4.78 is 37.3. The molecule has 0 saturated carbocycles. The van der Waals surface area contributed by atoms with Crippen molar-refractivity contribution >= 4 is 12.7 Å². The molecule has 1 aromatic heterocycles. The Morgan fingerprint density at radius 1 is 1.22 bits per heavy atom. The highest BCUT2D eigenvalue weighted by Gasteiger charge is 2.53. The quantitative estimate of drug-likeness (QED) is 0.760. The summed E-state index contributed by atoms with van der Waals surface area (Å²) in [4.78, 5) is 0. The standard InChI is InChI=1S/C11H17BF2N2O2/c1-7-6-16(9(13)14)15-8(7)12-17-10(2,3)11(4,5)18-12/h6,9H,1-5H3. The molecular formula is C11H17BF2N2O2. The molecule has 1 aliphatic rings. The van der Waals surface area contributed by atoms with Crippen molar-refractivity contribution in [3.8, 4) is 0 Å². The number of aryl methyl sites for hydroxylation is 1. The zero-order chi connectivity index (χ0) is 13.7.